The maximum absolute atomic E-state index is 11.3. The topological polar surface area (TPSA) is 55.8 Å². The van der Waals surface area contributed by atoms with Crippen molar-refractivity contribution in [3.05, 3.63) is 23.3 Å². The van der Waals surface area contributed by atoms with Crippen LogP contribution in [0.3, 0.4) is 0 Å². The zero-order chi connectivity index (χ0) is 10.1. The largest absolute Gasteiger partial charge is 0.454 e. The van der Waals surface area contributed by atoms with Crippen LogP contribution in [0.2, 0.25) is 0 Å². The number of aryl methyl sites for hydroxylation is 1. The molecule has 0 saturated heterocycles. The smallest absolute Gasteiger partial charge is 0.231 e. The average molecular weight is 194 g/mol. The zero-order valence-corrected chi connectivity index (χ0v) is 7.74. The third kappa shape index (κ3) is 1.33. The van der Waals surface area contributed by atoms with Gasteiger partial charge in [-0.25, -0.2) is 0 Å². The van der Waals surface area contributed by atoms with Crippen molar-refractivity contribution in [3.8, 4) is 11.5 Å². The fraction of sp³-hybridized carbons (Fsp3) is 0.300. The minimum absolute atomic E-state index is 0.186. The molecule has 1 aromatic carbocycles. The molecule has 2 rings (SSSR count). The fourth-order valence-corrected chi connectivity index (χ4v) is 1.43. The Hall–Kier alpha value is -1.55. The number of fused-ring (bicyclic) bond motifs is 1. The van der Waals surface area contributed by atoms with Crippen molar-refractivity contribution in [1.82, 2.24) is 0 Å². The van der Waals surface area contributed by atoms with Gasteiger partial charge < -0.3 is 14.6 Å². The highest BCUT2D eigenvalue weighted by Gasteiger charge is 2.18. The normalized spacial score (nSPS) is 13.0. The Bertz CT molecular complexity index is 384. The quantitative estimate of drug-likeness (QED) is 0.710. The molecule has 1 aromatic rings. The van der Waals surface area contributed by atoms with Gasteiger partial charge in [0, 0.05) is 5.56 Å². The highest BCUT2D eigenvalue weighted by atomic mass is 16.7. The standard InChI is InChI=1S/C10H10O4/c1-6-2-9-10(14-5-13-9)3-7(6)8(12)4-11/h2-3,11H,4-5H2,1H3. The Morgan fingerprint density at radius 1 is 1.43 bits per heavy atom. The molecule has 0 atom stereocenters. The number of carbonyl (C=O) groups is 1. The Labute approximate surface area is 81.1 Å². The number of carbonyl (C=O) groups excluding carboxylic acids is 1. The molecule has 0 radical (unpaired) electrons. The Morgan fingerprint density at radius 3 is 2.71 bits per heavy atom. The predicted molar refractivity (Wildman–Crippen MR) is 48.7 cm³/mol. The molecule has 0 aliphatic carbocycles. The maximum atomic E-state index is 11.3. The van der Waals surface area contributed by atoms with Crippen LogP contribution in [0, 0.1) is 6.92 Å². The number of aliphatic hydroxyl groups is 1. The number of hydrogen-bond acceptors (Lipinski definition) is 4. The summed E-state index contributed by atoms with van der Waals surface area (Å²) in [5, 5.41) is 8.74. The van der Waals surface area contributed by atoms with Crippen molar-refractivity contribution in [3.63, 3.8) is 0 Å². The first-order valence-electron chi connectivity index (χ1n) is 4.26. The first-order valence-corrected chi connectivity index (χ1v) is 4.26. The Morgan fingerprint density at radius 2 is 2.07 bits per heavy atom. The molecule has 0 fully saturated rings. The molecule has 1 aliphatic heterocycles. The van der Waals surface area contributed by atoms with E-state index in [0.29, 0.717) is 17.1 Å². The molecule has 0 aromatic heterocycles. The number of Topliss-reactive ketones (excluding diaryl/α,β-unsaturated/α-hetero) is 1. The molecule has 0 saturated carbocycles. The van der Waals surface area contributed by atoms with Crippen molar-refractivity contribution in [2.45, 2.75) is 6.92 Å². The molecule has 0 bridgehead atoms. The van der Waals surface area contributed by atoms with Crippen LogP contribution >= 0.6 is 0 Å². The van der Waals surface area contributed by atoms with E-state index in [1.54, 1.807) is 19.1 Å². The minimum Gasteiger partial charge on any atom is -0.454 e. The van der Waals surface area contributed by atoms with Crippen molar-refractivity contribution < 1.29 is 19.4 Å². The summed E-state index contributed by atoms with van der Waals surface area (Å²) in [7, 11) is 0. The van der Waals surface area contributed by atoms with Crippen LogP contribution in [0.25, 0.3) is 0 Å². The number of ketones is 1. The first-order chi connectivity index (χ1) is 6.72. The van der Waals surface area contributed by atoms with Gasteiger partial charge in [-0.1, -0.05) is 0 Å². The molecular formula is C10H10O4. The van der Waals surface area contributed by atoms with Gasteiger partial charge in [-0.2, -0.15) is 0 Å². The van der Waals surface area contributed by atoms with Gasteiger partial charge in [-0.3, -0.25) is 4.79 Å². The number of aliphatic hydroxyl groups excluding tert-OH is 1. The van der Waals surface area contributed by atoms with Crippen LogP contribution in [-0.4, -0.2) is 24.3 Å². The molecule has 4 nitrogen and oxygen atoms in total. The summed E-state index contributed by atoms with van der Waals surface area (Å²) >= 11 is 0. The Kier molecular flexibility index (Phi) is 2.13. The second-order valence-electron chi connectivity index (χ2n) is 3.10. The monoisotopic (exact) mass is 194 g/mol. The van der Waals surface area contributed by atoms with Crippen LogP contribution in [0.4, 0.5) is 0 Å². The van der Waals surface area contributed by atoms with Crippen LogP contribution in [-0.2, 0) is 0 Å². The molecular weight excluding hydrogens is 184 g/mol. The summed E-state index contributed by atoms with van der Waals surface area (Å²) in [6.45, 7) is 1.50. The van der Waals surface area contributed by atoms with Gasteiger partial charge in [0.1, 0.15) is 6.61 Å². The van der Waals surface area contributed by atoms with E-state index >= 15 is 0 Å². The summed E-state index contributed by atoms with van der Waals surface area (Å²) in [6.07, 6.45) is 0. The lowest BCUT2D eigenvalue weighted by Crippen LogP contribution is -2.06. The van der Waals surface area contributed by atoms with E-state index < -0.39 is 6.61 Å². The zero-order valence-electron chi connectivity index (χ0n) is 7.74. The molecule has 74 valence electrons. The van der Waals surface area contributed by atoms with Gasteiger partial charge in [0.15, 0.2) is 17.3 Å². The third-order valence-corrected chi connectivity index (χ3v) is 2.16. The van der Waals surface area contributed by atoms with Gasteiger partial charge in [0.05, 0.1) is 0 Å². The van der Waals surface area contributed by atoms with E-state index in [1.165, 1.54) is 0 Å². The summed E-state index contributed by atoms with van der Waals surface area (Å²) < 4.78 is 10.3. The second-order valence-corrected chi connectivity index (χ2v) is 3.10. The van der Waals surface area contributed by atoms with Crippen LogP contribution in [0.1, 0.15) is 15.9 Å². The molecule has 4 heteroatoms. The molecule has 1 N–H and O–H groups in total. The molecule has 0 spiro atoms. The third-order valence-electron chi connectivity index (χ3n) is 2.16. The fourth-order valence-electron chi connectivity index (χ4n) is 1.43. The summed E-state index contributed by atoms with van der Waals surface area (Å²) in [5.41, 5.74) is 1.27. The number of hydrogen-bond donors (Lipinski definition) is 1. The van der Waals surface area contributed by atoms with E-state index in [0.717, 1.165) is 5.56 Å². The lowest BCUT2D eigenvalue weighted by molar-refractivity contribution is 0.0902. The minimum atomic E-state index is -0.486. The van der Waals surface area contributed by atoms with Crippen LogP contribution < -0.4 is 9.47 Å². The maximum Gasteiger partial charge on any atom is 0.231 e. The first kappa shape index (κ1) is 9.02. The van der Waals surface area contributed by atoms with E-state index in [1.807, 2.05) is 0 Å². The van der Waals surface area contributed by atoms with Gasteiger partial charge in [0.25, 0.3) is 0 Å². The highest BCUT2D eigenvalue weighted by Crippen LogP contribution is 2.34. The van der Waals surface area contributed by atoms with E-state index in [2.05, 4.69) is 0 Å². The van der Waals surface area contributed by atoms with Gasteiger partial charge in [-0.15, -0.1) is 0 Å². The molecule has 0 unspecified atom stereocenters. The Balaban J connectivity index is 2.47. The lowest BCUT2D eigenvalue weighted by atomic mass is 10.0. The van der Waals surface area contributed by atoms with Gasteiger partial charge >= 0.3 is 0 Å². The second kappa shape index (κ2) is 3.31. The molecule has 1 aliphatic rings. The van der Waals surface area contributed by atoms with Gasteiger partial charge in [0.2, 0.25) is 6.79 Å². The van der Waals surface area contributed by atoms with Crippen molar-refractivity contribution in [2.24, 2.45) is 0 Å². The van der Waals surface area contributed by atoms with E-state index in [9.17, 15) is 4.79 Å². The van der Waals surface area contributed by atoms with Crippen molar-refractivity contribution in [2.75, 3.05) is 13.4 Å². The SMILES string of the molecule is Cc1cc2c(cc1C(=O)CO)OCO2. The van der Waals surface area contributed by atoms with Gasteiger partial charge in [-0.05, 0) is 24.6 Å². The lowest BCUT2D eigenvalue weighted by Gasteiger charge is -2.04. The summed E-state index contributed by atoms with van der Waals surface area (Å²) in [5.74, 6) is 0.908. The summed E-state index contributed by atoms with van der Waals surface area (Å²) in [4.78, 5) is 11.3. The predicted octanol–water partition coefficient (Wildman–Crippen LogP) is 0.899. The number of rotatable bonds is 2. The number of benzene rings is 1. The highest BCUT2D eigenvalue weighted by molar-refractivity contribution is 5.98. The molecule has 1 heterocycles. The van der Waals surface area contributed by atoms with Crippen molar-refractivity contribution in [1.29, 1.82) is 0 Å². The summed E-state index contributed by atoms with van der Waals surface area (Å²) in [6, 6.07) is 3.35. The van der Waals surface area contributed by atoms with Crippen LogP contribution in [0.5, 0.6) is 11.5 Å². The molecule has 0 amide bonds. The molecule has 14 heavy (non-hydrogen) atoms. The van der Waals surface area contributed by atoms with E-state index in [4.69, 9.17) is 14.6 Å². The number of ether oxygens (including phenoxy) is 2. The van der Waals surface area contributed by atoms with E-state index in [-0.39, 0.29) is 12.6 Å². The average Bonchev–Trinajstić information content (AvgIpc) is 2.62. The van der Waals surface area contributed by atoms with Crippen molar-refractivity contribution >= 4 is 5.78 Å². The van der Waals surface area contributed by atoms with Crippen LogP contribution in [0.15, 0.2) is 12.1 Å².